The fourth-order valence-electron chi connectivity index (χ4n) is 2.72. The minimum Gasteiger partial charge on any atom is -0.504 e. The molecule has 0 aromatic heterocycles. The number of ether oxygens (including phenoxy) is 5. The van der Waals surface area contributed by atoms with E-state index in [9.17, 15) is 10.2 Å². The largest absolute Gasteiger partial charge is 0.504 e. The molecule has 0 aliphatic carbocycles. The van der Waals surface area contributed by atoms with E-state index in [0.717, 1.165) is 25.7 Å². The Balaban J connectivity index is 2.50. The van der Waals surface area contributed by atoms with Crippen LogP contribution in [0.4, 0.5) is 0 Å². The molecule has 0 radical (unpaired) electrons. The Bertz CT molecular complexity index is 753. The fourth-order valence-corrected chi connectivity index (χ4v) is 2.72. The summed E-state index contributed by atoms with van der Waals surface area (Å²) in [4.78, 5) is 0. The number of hydrogen-bond donors (Lipinski definition) is 2. The molecule has 0 fully saturated rings. The second-order valence-corrected chi connectivity index (χ2v) is 6.98. The number of phenols is 2. The molecule has 172 valence electrons. The predicted octanol–water partition coefficient (Wildman–Crippen LogP) is 6.05. The zero-order chi connectivity index (χ0) is 22.6. The maximum absolute atomic E-state index is 10.3. The van der Waals surface area contributed by atoms with Crippen molar-refractivity contribution < 1.29 is 33.9 Å². The summed E-state index contributed by atoms with van der Waals surface area (Å²) in [5.41, 5.74) is 0. The minimum atomic E-state index is -0.0213. The summed E-state index contributed by atoms with van der Waals surface area (Å²) >= 11 is 0. The first-order valence-electron chi connectivity index (χ1n) is 11.0. The Morgan fingerprint density at radius 3 is 1.16 bits per heavy atom. The Hall–Kier alpha value is -2.96. The lowest BCUT2D eigenvalue weighted by Gasteiger charge is -2.20. The molecule has 0 amide bonds. The highest BCUT2D eigenvalue weighted by Gasteiger charge is 2.22. The molecule has 0 aliphatic rings. The molecule has 2 aromatic rings. The van der Waals surface area contributed by atoms with Gasteiger partial charge in [0.2, 0.25) is 23.0 Å². The highest BCUT2D eigenvalue weighted by atomic mass is 16.6. The second-order valence-electron chi connectivity index (χ2n) is 6.98. The lowest BCUT2D eigenvalue weighted by atomic mass is 10.2. The van der Waals surface area contributed by atoms with E-state index in [-0.39, 0.29) is 23.0 Å². The van der Waals surface area contributed by atoms with Crippen LogP contribution in [0.3, 0.4) is 0 Å². The lowest BCUT2D eigenvalue weighted by Crippen LogP contribution is -2.05. The van der Waals surface area contributed by atoms with Gasteiger partial charge in [0.05, 0.1) is 26.4 Å². The summed E-state index contributed by atoms with van der Waals surface area (Å²) in [5, 5.41) is 20.6. The topological polar surface area (TPSA) is 86.6 Å². The van der Waals surface area contributed by atoms with Crippen LogP contribution in [-0.2, 0) is 0 Å². The van der Waals surface area contributed by atoms with Crippen molar-refractivity contribution in [2.75, 3.05) is 26.4 Å². The molecular formula is C24H34O7. The molecule has 2 rings (SSSR count). The SMILES string of the molecule is CCCOc1c(O)ccc(Oc2ccc(O)c(OCCC)c2OCCC)c1OCCC. The standard InChI is InChI=1S/C24H34O7/c1-5-13-27-21-17(25)9-11-19(23(21)29-15-7-3)31-20-12-10-18(26)22(28-14-6-2)24(20)30-16-8-4/h9-12,25-26H,5-8,13-16H2,1-4H3. The molecule has 0 bridgehead atoms. The molecular weight excluding hydrogens is 400 g/mol. The summed E-state index contributed by atoms with van der Waals surface area (Å²) < 4.78 is 29.4. The molecule has 0 heterocycles. The van der Waals surface area contributed by atoms with Crippen LogP contribution in [0, 0.1) is 0 Å². The van der Waals surface area contributed by atoms with Gasteiger partial charge in [-0.15, -0.1) is 0 Å². The van der Waals surface area contributed by atoms with Crippen molar-refractivity contribution in [2.24, 2.45) is 0 Å². The van der Waals surface area contributed by atoms with Gasteiger partial charge in [0.25, 0.3) is 0 Å². The normalized spacial score (nSPS) is 10.6. The summed E-state index contributed by atoms with van der Waals surface area (Å²) in [6, 6.07) is 6.23. The Labute approximate surface area is 184 Å². The van der Waals surface area contributed by atoms with Crippen LogP contribution >= 0.6 is 0 Å². The fraction of sp³-hybridized carbons (Fsp3) is 0.500. The van der Waals surface area contributed by atoms with Crippen molar-refractivity contribution in [2.45, 2.75) is 53.4 Å². The van der Waals surface area contributed by atoms with E-state index >= 15 is 0 Å². The molecule has 2 aromatic carbocycles. The van der Waals surface area contributed by atoms with Crippen LogP contribution < -0.4 is 23.7 Å². The number of aromatic hydroxyl groups is 2. The minimum absolute atomic E-state index is 0.0213. The van der Waals surface area contributed by atoms with Crippen LogP contribution in [0.1, 0.15) is 53.4 Å². The highest BCUT2D eigenvalue weighted by molar-refractivity contribution is 5.63. The quantitative estimate of drug-likeness (QED) is 0.374. The molecule has 0 spiro atoms. The maximum Gasteiger partial charge on any atom is 0.208 e. The summed E-state index contributed by atoms with van der Waals surface area (Å²) in [6.45, 7) is 9.67. The van der Waals surface area contributed by atoms with E-state index in [1.54, 1.807) is 12.1 Å². The molecule has 7 nitrogen and oxygen atoms in total. The van der Waals surface area contributed by atoms with Crippen LogP contribution in [-0.4, -0.2) is 36.6 Å². The molecule has 0 aliphatic heterocycles. The van der Waals surface area contributed by atoms with Gasteiger partial charge in [-0.25, -0.2) is 0 Å². The first-order chi connectivity index (χ1) is 15.1. The average molecular weight is 435 g/mol. The van der Waals surface area contributed by atoms with Crippen LogP contribution in [0.2, 0.25) is 0 Å². The summed E-state index contributed by atoms with van der Waals surface area (Å²) in [6.07, 6.45) is 3.12. The molecule has 0 atom stereocenters. The van der Waals surface area contributed by atoms with E-state index in [4.69, 9.17) is 23.7 Å². The molecule has 0 saturated heterocycles. The van der Waals surface area contributed by atoms with E-state index < -0.39 is 0 Å². The Kier molecular flexibility index (Phi) is 9.94. The van der Waals surface area contributed by atoms with Gasteiger partial charge in [-0.2, -0.15) is 0 Å². The lowest BCUT2D eigenvalue weighted by molar-refractivity contribution is 0.241. The monoisotopic (exact) mass is 434 g/mol. The molecule has 2 N–H and O–H groups in total. The van der Waals surface area contributed by atoms with Crippen molar-refractivity contribution in [3.05, 3.63) is 24.3 Å². The Morgan fingerprint density at radius 2 is 0.839 bits per heavy atom. The maximum atomic E-state index is 10.3. The number of rotatable bonds is 14. The summed E-state index contributed by atoms with van der Waals surface area (Å²) in [5.74, 6) is 1.81. The predicted molar refractivity (Wildman–Crippen MR) is 119 cm³/mol. The zero-order valence-electron chi connectivity index (χ0n) is 18.9. The van der Waals surface area contributed by atoms with Crippen molar-refractivity contribution in [3.8, 4) is 46.0 Å². The van der Waals surface area contributed by atoms with Gasteiger partial charge in [0.15, 0.2) is 23.0 Å². The highest BCUT2D eigenvalue weighted by Crippen LogP contribution is 2.50. The first kappa shape index (κ1) is 24.3. The van der Waals surface area contributed by atoms with Gasteiger partial charge < -0.3 is 33.9 Å². The molecule has 0 saturated carbocycles. The number of benzene rings is 2. The van der Waals surface area contributed by atoms with Crippen molar-refractivity contribution >= 4 is 0 Å². The van der Waals surface area contributed by atoms with Crippen LogP contribution in [0.15, 0.2) is 24.3 Å². The van der Waals surface area contributed by atoms with Crippen molar-refractivity contribution in [3.63, 3.8) is 0 Å². The van der Waals surface area contributed by atoms with Crippen LogP contribution in [0.25, 0.3) is 0 Å². The number of phenolic OH excluding ortho intramolecular Hbond substituents is 2. The van der Waals surface area contributed by atoms with E-state index in [1.807, 2.05) is 27.7 Å². The first-order valence-corrected chi connectivity index (χ1v) is 11.0. The van der Waals surface area contributed by atoms with Gasteiger partial charge >= 0.3 is 0 Å². The van der Waals surface area contributed by atoms with Gasteiger partial charge in [0, 0.05) is 0 Å². The summed E-state index contributed by atoms with van der Waals surface area (Å²) in [7, 11) is 0. The molecule has 7 heteroatoms. The zero-order valence-corrected chi connectivity index (χ0v) is 18.9. The van der Waals surface area contributed by atoms with Crippen molar-refractivity contribution in [1.82, 2.24) is 0 Å². The van der Waals surface area contributed by atoms with Gasteiger partial charge in [0.1, 0.15) is 0 Å². The van der Waals surface area contributed by atoms with E-state index in [0.29, 0.717) is 49.4 Å². The van der Waals surface area contributed by atoms with Crippen molar-refractivity contribution in [1.29, 1.82) is 0 Å². The van der Waals surface area contributed by atoms with Gasteiger partial charge in [-0.3, -0.25) is 0 Å². The molecule has 31 heavy (non-hydrogen) atoms. The van der Waals surface area contributed by atoms with Gasteiger partial charge in [-0.05, 0) is 49.9 Å². The molecule has 0 unspecified atom stereocenters. The third kappa shape index (κ3) is 6.51. The average Bonchev–Trinajstić information content (AvgIpc) is 2.77. The van der Waals surface area contributed by atoms with Gasteiger partial charge in [-0.1, -0.05) is 27.7 Å². The number of hydrogen-bond acceptors (Lipinski definition) is 7. The van der Waals surface area contributed by atoms with E-state index in [1.165, 1.54) is 12.1 Å². The van der Waals surface area contributed by atoms with E-state index in [2.05, 4.69) is 0 Å². The van der Waals surface area contributed by atoms with Crippen LogP contribution in [0.5, 0.6) is 46.0 Å². The third-order valence-electron chi connectivity index (χ3n) is 4.13. The smallest absolute Gasteiger partial charge is 0.208 e. The second kappa shape index (κ2) is 12.7. The Morgan fingerprint density at radius 1 is 0.516 bits per heavy atom. The third-order valence-corrected chi connectivity index (χ3v) is 4.13.